The first-order valence-corrected chi connectivity index (χ1v) is 9.29. The molecule has 6 nitrogen and oxygen atoms in total. The van der Waals surface area contributed by atoms with E-state index < -0.39 is 6.04 Å². The molecule has 146 valence electrons. The van der Waals surface area contributed by atoms with Crippen molar-refractivity contribution in [2.75, 3.05) is 13.2 Å². The maximum absolute atomic E-state index is 12.4. The second kappa shape index (κ2) is 10.4. The van der Waals surface area contributed by atoms with Gasteiger partial charge in [0.05, 0.1) is 12.9 Å². The second-order valence-corrected chi connectivity index (χ2v) is 6.83. The summed E-state index contributed by atoms with van der Waals surface area (Å²) in [6, 6.07) is 10.5. The number of hydrogen-bond acceptors (Lipinski definition) is 4. The lowest BCUT2D eigenvalue weighted by molar-refractivity contribution is -0.123. The predicted octanol–water partition coefficient (Wildman–Crippen LogP) is 3.32. The molecule has 0 aliphatic rings. The molecule has 2 rings (SSSR count). The molecule has 0 spiro atoms. The Morgan fingerprint density at radius 2 is 1.85 bits per heavy atom. The second-order valence-electron chi connectivity index (χ2n) is 6.83. The molecule has 1 aromatic carbocycles. The molecule has 1 unspecified atom stereocenters. The third kappa shape index (κ3) is 6.81. The lowest BCUT2D eigenvalue weighted by atomic mass is 10.0. The minimum absolute atomic E-state index is 0.0335. The molecule has 1 heterocycles. The maximum atomic E-state index is 12.4. The van der Waals surface area contributed by atoms with Crippen LogP contribution in [0.15, 0.2) is 47.1 Å². The van der Waals surface area contributed by atoms with Crippen molar-refractivity contribution in [3.05, 3.63) is 54.0 Å². The standard InChI is InChI=1S/C21H28N2O4/c1-15(2)19(23-20(24)18-7-6-14-27-18)21(25)22-12-4-5-13-26-17-10-8-16(3)9-11-17/h6-11,14-15,19H,4-5,12-13H2,1-3H3,(H,22,25)(H,23,24). The smallest absolute Gasteiger partial charge is 0.287 e. The Hall–Kier alpha value is -2.76. The Balaban J connectivity index is 1.67. The maximum Gasteiger partial charge on any atom is 0.287 e. The van der Waals surface area contributed by atoms with E-state index in [1.165, 1.54) is 11.8 Å². The Bertz CT molecular complexity index is 708. The molecule has 6 heteroatoms. The van der Waals surface area contributed by atoms with Crippen molar-refractivity contribution in [2.45, 2.75) is 39.7 Å². The molecule has 0 radical (unpaired) electrons. The van der Waals surface area contributed by atoms with Gasteiger partial charge in [0, 0.05) is 6.54 Å². The lowest BCUT2D eigenvalue weighted by Gasteiger charge is -2.21. The van der Waals surface area contributed by atoms with Crippen LogP contribution in [0.4, 0.5) is 0 Å². The number of nitrogens with one attached hydrogen (secondary N) is 2. The van der Waals surface area contributed by atoms with E-state index in [0.29, 0.717) is 13.2 Å². The minimum atomic E-state index is -0.605. The van der Waals surface area contributed by atoms with E-state index in [2.05, 4.69) is 10.6 Å². The first-order valence-electron chi connectivity index (χ1n) is 9.29. The number of carbonyl (C=O) groups is 2. The molecule has 1 aromatic heterocycles. The highest BCUT2D eigenvalue weighted by atomic mass is 16.5. The van der Waals surface area contributed by atoms with Crippen LogP contribution in [0.1, 0.15) is 42.8 Å². The van der Waals surface area contributed by atoms with Gasteiger partial charge in [0.15, 0.2) is 5.76 Å². The molecule has 2 amide bonds. The molecule has 1 atom stereocenters. The van der Waals surface area contributed by atoms with Gasteiger partial charge in [0.2, 0.25) is 5.91 Å². The van der Waals surface area contributed by atoms with Crippen LogP contribution in [-0.2, 0) is 4.79 Å². The number of carbonyl (C=O) groups excluding carboxylic acids is 2. The van der Waals surface area contributed by atoms with E-state index in [4.69, 9.17) is 9.15 Å². The van der Waals surface area contributed by atoms with Crippen molar-refractivity contribution in [2.24, 2.45) is 5.92 Å². The van der Waals surface area contributed by atoms with Gasteiger partial charge in [-0.25, -0.2) is 0 Å². The Labute approximate surface area is 160 Å². The molecule has 0 saturated heterocycles. The number of benzene rings is 1. The third-order valence-corrected chi connectivity index (χ3v) is 4.14. The number of furan rings is 1. The summed E-state index contributed by atoms with van der Waals surface area (Å²) in [5, 5.41) is 5.61. The first-order chi connectivity index (χ1) is 13.0. The topological polar surface area (TPSA) is 80.6 Å². The zero-order valence-electron chi connectivity index (χ0n) is 16.2. The first kappa shape index (κ1) is 20.6. The van der Waals surface area contributed by atoms with E-state index in [9.17, 15) is 9.59 Å². The lowest BCUT2D eigenvalue weighted by Crippen LogP contribution is -2.49. The number of amides is 2. The molecule has 27 heavy (non-hydrogen) atoms. The van der Waals surface area contributed by atoms with E-state index in [0.717, 1.165) is 18.6 Å². The average Bonchev–Trinajstić information content (AvgIpc) is 3.18. The van der Waals surface area contributed by atoms with E-state index in [1.807, 2.05) is 45.0 Å². The number of hydrogen-bond donors (Lipinski definition) is 2. The minimum Gasteiger partial charge on any atom is -0.494 e. The summed E-state index contributed by atoms with van der Waals surface area (Å²) in [5.74, 6) is 0.436. The van der Waals surface area contributed by atoms with Crippen LogP contribution in [0.5, 0.6) is 5.75 Å². The molecular formula is C21H28N2O4. The molecule has 0 saturated carbocycles. The normalized spacial score (nSPS) is 11.9. The summed E-state index contributed by atoms with van der Waals surface area (Å²) in [4.78, 5) is 24.5. The fraction of sp³-hybridized carbons (Fsp3) is 0.429. The molecule has 0 bridgehead atoms. The number of aryl methyl sites for hydroxylation is 1. The van der Waals surface area contributed by atoms with Gasteiger partial charge in [-0.2, -0.15) is 0 Å². The monoisotopic (exact) mass is 372 g/mol. The van der Waals surface area contributed by atoms with Gasteiger partial charge in [-0.15, -0.1) is 0 Å². The number of rotatable bonds is 10. The summed E-state index contributed by atoms with van der Waals surface area (Å²) >= 11 is 0. The van der Waals surface area contributed by atoms with Gasteiger partial charge in [-0.3, -0.25) is 9.59 Å². The Kier molecular flexibility index (Phi) is 7.92. The Morgan fingerprint density at radius 3 is 2.48 bits per heavy atom. The fourth-order valence-electron chi connectivity index (χ4n) is 2.53. The SMILES string of the molecule is Cc1ccc(OCCCCNC(=O)C(NC(=O)c2ccco2)C(C)C)cc1. The largest absolute Gasteiger partial charge is 0.494 e. The van der Waals surface area contributed by atoms with Gasteiger partial charge in [-0.05, 0) is 49.9 Å². The van der Waals surface area contributed by atoms with Crippen molar-refractivity contribution in [1.29, 1.82) is 0 Å². The fourth-order valence-corrected chi connectivity index (χ4v) is 2.53. The van der Waals surface area contributed by atoms with Crippen molar-refractivity contribution >= 4 is 11.8 Å². The highest BCUT2D eigenvalue weighted by molar-refractivity contribution is 5.95. The van der Waals surface area contributed by atoms with Gasteiger partial charge < -0.3 is 19.8 Å². The van der Waals surface area contributed by atoms with Crippen molar-refractivity contribution in [1.82, 2.24) is 10.6 Å². The molecule has 0 aliphatic carbocycles. The average molecular weight is 372 g/mol. The summed E-state index contributed by atoms with van der Waals surface area (Å²) in [6.45, 7) is 6.95. The molecule has 0 fully saturated rings. The van der Waals surface area contributed by atoms with Crippen molar-refractivity contribution < 1.29 is 18.7 Å². The molecular weight excluding hydrogens is 344 g/mol. The van der Waals surface area contributed by atoms with Crippen molar-refractivity contribution in [3.63, 3.8) is 0 Å². The third-order valence-electron chi connectivity index (χ3n) is 4.14. The molecule has 2 aromatic rings. The van der Waals surface area contributed by atoms with Crippen LogP contribution < -0.4 is 15.4 Å². The highest BCUT2D eigenvalue weighted by Gasteiger charge is 2.25. The van der Waals surface area contributed by atoms with E-state index in [1.54, 1.807) is 12.1 Å². The van der Waals surface area contributed by atoms with Gasteiger partial charge in [0.25, 0.3) is 5.91 Å². The van der Waals surface area contributed by atoms with Gasteiger partial charge >= 0.3 is 0 Å². The van der Waals surface area contributed by atoms with E-state index in [-0.39, 0.29) is 23.5 Å². The predicted molar refractivity (Wildman–Crippen MR) is 104 cm³/mol. The molecule has 0 aliphatic heterocycles. The van der Waals surface area contributed by atoms with Gasteiger partial charge in [-0.1, -0.05) is 31.5 Å². The summed E-state index contributed by atoms with van der Waals surface area (Å²) in [6.07, 6.45) is 3.06. The quantitative estimate of drug-likeness (QED) is 0.627. The molecule has 2 N–H and O–H groups in total. The highest BCUT2D eigenvalue weighted by Crippen LogP contribution is 2.11. The van der Waals surface area contributed by atoms with Crippen LogP contribution in [-0.4, -0.2) is 31.0 Å². The van der Waals surface area contributed by atoms with Crippen LogP contribution in [0.2, 0.25) is 0 Å². The van der Waals surface area contributed by atoms with Crippen LogP contribution in [0.25, 0.3) is 0 Å². The summed E-state index contributed by atoms with van der Waals surface area (Å²) in [5.41, 5.74) is 1.20. The zero-order valence-corrected chi connectivity index (χ0v) is 16.2. The van der Waals surface area contributed by atoms with Crippen LogP contribution in [0.3, 0.4) is 0 Å². The number of unbranched alkanes of at least 4 members (excludes halogenated alkanes) is 1. The Morgan fingerprint density at radius 1 is 1.11 bits per heavy atom. The number of ether oxygens (including phenoxy) is 1. The zero-order chi connectivity index (χ0) is 19.6. The summed E-state index contributed by atoms with van der Waals surface area (Å²) in [7, 11) is 0. The van der Waals surface area contributed by atoms with Crippen molar-refractivity contribution in [3.8, 4) is 5.75 Å². The van der Waals surface area contributed by atoms with Gasteiger partial charge in [0.1, 0.15) is 11.8 Å². The summed E-state index contributed by atoms with van der Waals surface area (Å²) < 4.78 is 10.7. The van der Waals surface area contributed by atoms with Crippen LogP contribution >= 0.6 is 0 Å². The van der Waals surface area contributed by atoms with E-state index >= 15 is 0 Å². The van der Waals surface area contributed by atoms with Crippen LogP contribution in [0, 0.1) is 12.8 Å².